The van der Waals surface area contributed by atoms with Gasteiger partial charge in [0.1, 0.15) is 5.82 Å². The number of nitrogens with zero attached hydrogens (tertiary/aromatic N) is 3. The summed E-state index contributed by atoms with van der Waals surface area (Å²) < 4.78 is 0. The van der Waals surface area contributed by atoms with Gasteiger partial charge in [-0.15, -0.1) is 0 Å². The Kier molecular flexibility index (Phi) is 6.43. The van der Waals surface area contributed by atoms with E-state index >= 15 is 0 Å². The smallest absolute Gasteiger partial charge is 0.128 e. The van der Waals surface area contributed by atoms with E-state index in [0.29, 0.717) is 0 Å². The van der Waals surface area contributed by atoms with E-state index in [1.807, 2.05) is 6.20 Å². The van der Waals surface area contributed by atoms with Crippen LogP contribution < -0.4 is 10.2 Å². The summed E-state index contributed by atoms with van der Waals surface area (Å²) in [5.74, 6) is 1.05. The van der Waals surface area contributed by atoms with Gasteiger partial charge in [0.2, 0.25) is 0 Å². The highest BCUT2D eigenvalue weighted by atomic mass is 15.2. The third kappa shape index (κ3) is 6.87. The molecular formula is C16H30N4. The number of hydrogen-bond donors (Lipinski definition) is 1. The van der Waals surface area contributed by atoms with Gasteiger partial charge in [-0.25, -0.2) is 4.98 Å². The Balaban J connectivity index is 2.54. The van der Waals surface area contributed by atoms with Gasteiger partial charge in [0.15, 0.2) is 0 Å². The lowest BCUT2D eigenvalue weighted by atomic mass is 10.1. The molecule has 1 rings (SSSR count). The van der Waals surface area contributed by atoms with Gasteiger partial charge in [-0.2, -0.15) is 0 Å². The molecule has 0 aliphatic rings. The van der Waals surface area contributed by atoms with Crippen molar-refractivity contribution in [2.24, 2.45) is 0 Å². The van der Waals surface area contributed by atoms with Gasteiger partial charge in [-0.1, -0.05) is 0 Å². The predicted molar refractivity (Wildman–Crippen MR) is 87.3 cm³/mol. The van der Waals surface area contributed by atoms with Crippen LogP contribution in [-0.4, -0.2) is 49.7 Å². The molecule has 1 heterocycles. The van der Waals surface area contributed by atoms with Crippen LogP contribution in [0.3, 0.4) is 0 Å². The molecule has 4 nitrogen and oxygen atoms in total. The first-order valence-electron chi connectivity index (χ1n) is 7.34. The normalized spacial score (nSPS) is 11.9. The topological polar surface area (TPSA) is 31.4 Å². The molecule has 0 amide bonds. The number of anilines is 1. The van der Waals surface area contributed by atoms with E-state index in [4.69, 9.17) is 0 Å². The SMILES string of the molecule is CN(C)CCCN(C)c1cc(CNC(C)(C)C)ccn1. The summed E-state index contributed by atoms with van der Waals surface area (Å²) in [5, 5.41) is 3.51. The second-order valence-corrected chi connectivity index (χ2v) is 6.70. The van der Waals surface area contributed by atoms with Gasteiger partial charge in [0.05, 0.1) is 0 Å². The number of rotatable bonds is 7. The summed E-state index contributed by atoms with van der Waals surface area (Å²) in [5.41, 5.74) is 1.42. The molecule has 0 aromatic carbocycles. The van der Waals surface area contributed by atoms with Gasteiger partial charge in [-0.3, -0.25) is 0 Å². The molecule has 114 valence electrons. The molecule has 0 saturated carbocycles. The Bertz CT molecular complexity index is 396. The third-order valence-corrected chi connectivity index (χ3v) is 3.12. The Labute approximate surface area is 124 Å². The summed E-state index contributed by atoms with van der Waals surface area (Å²) in [6.45, 7) is 9.56. The van der Waals surface area contributed by atoms with Crippen molar-refractivity contribution in [3.63, 3.8) is 0 Å². The standard InChI is InChI=1S/C16H30N4/c1-16(2,3)18-13-14-8-9-17-15(12-14)20(6)11-7-10-19(4)5/h8-9,12,18H,7,10-11,13H2,1-6H3. The number of nitrogens with one attached hydrogen (secondary N) is 1. The number of hydrogen-bond acceptors (Lipinski definition) is 4. The lowest BCUT2D eigenvalue weighted by Crippen LogP contribution is -2.35. The zero-order valence-corrected chi connectivity index (χ0v) is 13.9. The minimum Gasteiger partial charge on any atom is -0.360 e. The third-order valence-electron chi connectivity index (χ3n) is 3.12. The van der Waals surface area contributed by atoms with Crippen LogP contribution in [0.4, 0.5) is 5.82 Å². The van der Waals surface area contributed by atoms with Crippen LogP contribution in [0.5, 0.6) is 0 Å². The summed E-state index contributed by atoms with van der Waals surface area (Å²) >= 11 is 0. The van der Waals surface area contributed by atoms with E-state index in [-0.39, 0.29) is 5.54 Å². The van der Waals surface area contributed by atoms with Crippen molar-refractivity contribution in [3.8, 4) is 0 Å². The molecule has 20 heavy (non-hydrogen) atoms. The molecule has 0 unspecified atom stereocenters. The molecule has 0 spiro atoms. The fourth-order valence-corrected chi connectivity index (χ4v) is 1.89. The first-order chi connectivity index (χ1) is 9.28. The first kappa shape index (κ1) is 16.9. The summed E-state index contributed by atoms with van der Waals surface area (Å²) in [4.78, 5) is 8.91. The summed E-state index contributed by atoms with van der Waals surface area (Å²) in [6.07, 6.45) is 3.05. The summed E-state index contributed by atoms with van der Waals surface area (Å²) in [6, 6.07) is 4.25. The minimum atomic E-state index is 0.140. The van der Waals surface area contributed by atoms with E-state index < -0.39 is 0 Å². The monoisotopic (exact) mass is 278 g/mol. The Hall–Kier alpha value is -1.13. The second-order valence-electron chi connectivity index (χ2n) is 6.70. The van der Waals surface area contributed by atoms with Crippen molar-refractivity contribution in [1.82, 2.24) is 15.2 Å². The van der Waals surface area contributed by atoms with E-state index in [2.05, 4.69) is 74.1 Å². The average Bonchev–Trinajstić information content (AvgIpc) is 2.35. The molecule has 0 bridgehead atoms. The molecule has 4 heteroatoms. The van der Waals surface area contributed by atoms with Gasteiger partial charge in [-0.05, 0) is 65.5 Å². The molecule has 1 N–H and O–H groups in total. The van der Waals surface area contributed by atoms with Gasteiger partial charge in [0, 0.05) is 31.9 Å². The summed E-state index contributed by atoms with van der Waals surface area (Å²) in [7, 11) is 6.33. The van der Waals surface area contributed by atoms with Crippen molar-refractivity contribution < 1.29 is 0 Å². The van der Waals surface area contributed by atoms with Crippen molar-refractivity contribution in [3.05, 3.63) is 23.9 Å². The van der Waals surface area contributed by atoms with Crippen molar-refractivity contribution >= 4 is 5.82 Å². The molecule has 0 fully saturated rings. The lowest BCUT2D eigenvalue weighted by Gasteiger charge is -2.22. The average molecular weight is 278 g/mol. The van der Waals surface area contributed by atoms with Crippen LogP contribution in [0.15, 0.2) is 18.3 Å². The van der Waals surface area contributed by atoms with Crippen molar-refractivity contribution in [2.75, 3.05) is 39.1 Å². The Morgan fingerprint density at radius 3 is 2.45 bits per heavy atom. The van der Waals surface area contributed by atoms with Crippen LogP contribution in [0, 0.1) is 0 Å². The largest absolute Gasteiger partial charge is 0.360 e. The van der Waals surface area contributed by atoms with Crippen LogP contribution >= 0.6 is 0 Å². The maximum absolute atomic E-state index is 4.47. The molecule has 0 saturated heterocycles. The highest BCUT2D eigenvalue weighted by Crippen LogP contribution is 2.12. The molecule has 1 aromatic rings. The predicted octanol–water partition coefficient (Wildman–Crippen LogP) is 2.36. The van der Waals surface area contributed by atoms with E-state index in [1.54, 1.807) is 0 Å². The number of aromatic nitrogens is 1. The highest BCUT2D eigenvalue weighted by molar-refractivity contribution is 5.39. The van der Waals surface area contributed by atoms with E-state index in [0.717, 1.165) is 31.9 Å². The van der Waals surface area contributed by atoms with Gasteiger partial charge >= 0.3 is 0 Å². The zero-order chi connectivity index (χ0) is 15.2. The van der Waals surface area contributed by atoms with E-state index in [9.17, 15) is 0 Å². The van der Waals surface area contributed by atoms with Crippen LogP contribution in [0.25, 0.3) is 0 Å². The highest BCUT2D eigenvalue weighted by Gasteiger charge is 2.09. The Morgan fingerprint density at radius 1 is 1.15 bits per heavy atom. The van der Waals surface area contributed by atoms with E-state index in [1.165, 1.54) is 5.56 Å². The quantitative estimate of drug-likeness (QED) is 0.829. The Morgan fingerprint density at radius 2 is 1.85 bits per heavy atom. The van der Waals surface area contributed by atoms with Crippen LogP contribution in [-0.2, 0) is 6.54 Å². The fraction of sp³-hybridized carbons (Fsp3) is 0.688. The van der Waals surface area contributed by atoms with Crippen molar-refractivity contribution in [2.45, 2.75) is 39.3 Å². The second kappa shape index (κ2) is 7.60. The maximum Gasteiger partial charge on any atom is 0.128 e. The molecule has 0 aliphatic heterocycles. The molecular weight excluding hydrogens is 248 g/mol. The maximum atomic E-state index is 4.47. The molecule has 1 aromatic heterocycles. The van der Waals surface area contributed by atoms with Gasteiger partial charge in [0.25, 0.3) is 0 Å². The van der Waals surface area contributed by atoms with Gasteiger partial charge < -0.3 is 15.1 Å². The molecule has 0 atom stereocenters. The lowest BCUT2D eigenvalue weighted by molar-refractivity contribution is 0.401. The van der Waals surface area contributed by atoms with Crippen LogP contribution in [0.1, 0.15) is 32.8 Å². The number of pyridine rings is 1. The van der Waals surface area contributed by atoms with Crippen molar-refractivity contribution in [1.29, 1.82) is 0 Å². The molecule has 0 radical (unpaired) electrons. The first-order valence-corrected chi connectivity index (χ1v) is 7.34. The van der Waals surface area contributed by atoms with Crippen LogP contribution in [0.2, 0.25) is 0 Å². The molecule has 0 aliphatic carbocycles. The zero-order valence-electron chi connectivity index (χ0n) is 13.9. The minimum absolute atomic E-state index is 0.140. The fourth-order valence-electron chi connectivity index (χ4n) is 1.89.